The Morgan fingerprint density at radius 3 is 2.35 bits per heavy atom. The van der Waals surface area contributed by atoms with Crippen LogP contribution in [0, 0.1) is 5.92 Å². The Morgan fingerprint density at radius 1 is 1.10 bits per heavy atom. The van der Waals surface area contributed by atoms with Gasteiger partial charge >= 0.3 is 5.97 Å². The van der Waals surface area contributed by atoms with Gasteiger partial charge in [0.15, 0.2) is 0 Å². The van der Waals surface area contributed by atoms with E-state index < -0.39 is 22.2 Å². The Labute approximate surface area is 120 Å². The summed E-state index contributed by atoms with van der Waals surface area (Å²) in [6.45, 7) is 4.86. The largest absolute Gasteiger partial charge is 0.480 e. The second-order valence-corrected chi connectivity index (χ2v) is 7.87. The average molecular weight is 304 g/mol. The number of carboxylic acids is 1. The van der Waals surface area contributed by atoms with Crippen molar-refractivity contribution in [1.82, 2.24) is 8.61 Å². The van der Waals surface area contributed by atoms with Crippen molar-refractivity contribution in [2.45, 2.75) is 58.0 Å². The number of carbonyl (C=O) groups is 1. The maximum absolute atomic E-state index is 12.8. The van der Waals surface area contributed by atoms with Crippen LogP contribution in [0.4, 0.5) is 0 Å². The van der Waals surface area contributed by atoms with Crippen LogP contribution in [-0.4, -0.2) is 53.3 Å². The maximum atomic E-state index is 12.8. The van der Waals surface area contributed by atoms with Gasteiger partial charge in [-0.15, -0.1) is 0 Å². The van der Waals surface area contributed by atoms with Gasteiger partial charge in [-0.2, -0.15) is 17.0 Å². The van der Waals surface area contributed by atoms with Crippen LogP contribution in [0.25, 0.3) is 0 Å². The number of nitrogens with zero attached hydrogens (tertiary/aromatic N) is 2. The summed E-state index contributed by atoms with van der Waals surface area (Å²) in [5.74, 6) is -0.783. The molecule has 2 atom stereocenters. The fraction of sp³-hybridized carbons (Fsp3) is 0.923. The summed E-state index contributed by atoms with van der Waals surface area (Å²) < 4.78 is 28.3. The van der Waals surface area contributed by atoms with Crippen LogP contribution in [0.3, 0.4) is 0 Å². The lowest BCUT2D eigenvalue weighted by Gasteiger charge is -2.37. The van der Waals surface area contributed by atoms with E-state index in [9.17, 15) is 18.3 Å². The monoisotopic (exact) mass is 304 g/mol. The highest BCUT2D eigenvalue weighted by Gasteiger charge is 2.44. The molecule has 6 nitrogen and oxygen atoms in total. The van der Waals surface area contributed by atoms with Crippen LogP contribution in [0.2, 0.25) is 0 Å². The van der Waals surface area contributed by atoms with Gasteiger partial charge < -0.3 is 5.11 Å². The van der Waals surface area contributed by atoms with E-state index in [1.165, 1.54) is 8.61 Å². The lowest BCUT2D eigenvalue weighted by Crippen LogP contribution is -2.54. The Balaban J connectivity index is 2.26. The van der Waals surface area contributed by atoms with Crippen LogP contribution < -0.4 is 0 Å². The molecule has 2 fully saturated rings. The minimum Gasteiger partial charge on any atom is -0.480 e. The van der Waals surface area contributed by atoms with Gasteiger partial charge in [-0.1, -0.05) is 13.8 Å². The van der Waals surface area contributed by atoms with Gasteiger partial charge in [0.05, 0.1) is 0 Å². The molecule has 0 amide bonds. The van der Waals surface area contributed by atoms with E-state index in [1.54, 1.807) is 0 Å². The van der Waals surface area contributed by atoms with E-state index in [1.807, 2.05) is 13.8 Å². The molecule has 0 radical (unpaired) electrons. The molecule has 0 aliphatic carbocycles. The predicted molar refractivity (Wildman–Crippen MR) is 75.5 cm³/mol. The molecular formula is C13H24N2O4S. The molecule has 7 heteroatoms. The van der Waals surface area contributed by atoms with Gasteiger partial charge in [-0.3, -0.25) is 4.79 Å². The molecular weight excluding hydrogens is 280 g/mol. The molecule has 1 N–H and O–H groups in total. The number of carboxylic acid groups (broad SMARTS) is 1. The first-order chi connectivity index (χ1) is 9.35. The third-order valence-corrected chi connectivity index (χ3v) is 6.43. The molecule has 116 valence electrons. The summed E-state index contributed by atoms with van der Waals surface area (Å²) in [7, 11) is -3.66. The normalized spacial score (nSPS) is 29.9. The second-order valence-electron chi connectivity index (χ2n) is 6.03. The second kappa shape index (κ2) is 5.99. The van der Waals surface area contributed by atoms with Crippen molar-refractivity contribution >= 4 is 16.2 Å². The van der Waals surface area contributed by atoms with Crippen LogP contribution in [0.15, 0.2) is 0 Å². The van der Waals surface area contributed by atoms with E-state index >= 15 is 0 Å². The summed E-state index contributed by atoms with van der Waals surface area (Å²) >= 11 is 0. The number of hydrogen-bond donors (Lipinski definition) is 1. The molecule has 20 heavy (non-hydrogen) atoms. The molecule has 0 aromatic heterocycles. The SMILES string of the molecule is CC(C)C1CCCN1S(=O)(=O)N1CCCCC1C(=O)O. The van der Waals surface area contributed by atoms with Crippen molar-refractivity contribution in [3.8, 4) is 0 Å². The minimum absolute atomic E-state index is 0.00336. The molecule has 0 spiro atoms. The Hall–Kier alpha value is -0.660. The Morgan fingerprint density at radius 2 is 1.75 bits per heavy atom. The molecule has 0 aromatic rings. The molecule has 2 aliphatic rings. The standard InChI is InChI=1S/C13H24N2O4S/c1-10(2)11-7-5-9-14(11)20(18,19)15-8-4-3-6-12(15)13(16)17/h10-12H,3-9H2,1-2H3,(H,16,17). The molecule has 2 saturated heterocycles. The van der Waals surface area contributed by atoms with E-state index in [0.29, 0.717) is 19.5 Å². The van der Waals surface area contributed by atoms with Gasteiger partial charge in [0, 0.05) is 19.1 Å². The van der Waals surface area contributed by atoms with E-state index in [0.717, 1.165) is 25.7 Å². The molecule has 0 saturated carbocycles. The zero-order valence-electron chi connectivity index (χ0n) is 12.2. The zero-order valence-corrected chi connectivity index (χ0v) is 13.0. The Kier molecular flexibility index (Phi) is 4.71. The van der Waals surface area contributed by atoms with Crippen molar-refractivity contribution in [2.24, 2.45) is 5.92 Å². The zero-order chi connectivity index (χ0) is 14.9. The van der Waals surface area contributed by atoms with Gasteiger partial charge in [0.1, 0.15) is 6.04 Å². The molecule has 2 aliphatic heterocycles. The molecule has 0 bridgehead atoms. The van der Waals surface area contributed by atoms with Crippen molar-refractivity contribution in [3.63, 3.8) is 0 Å². The highest BCUT2D eigenvalue weighted by atomic mass is 32.2. The van der Waals surface area contributed by atoms with Gasteiger partial charge in [0.25, 0.3) is 10.2 Å². The van der Waals surface area contributed by atoms with Gasteiger partial charge in [-0.05, 0) is 38.0 Å². The molecule has 2 rings (SSSR count). The number of rotatable bonds is 4. The van der Waals surface area contributed by atoms with E-state index in [-0.39, 0.29) is 12.0 Å². The minimum atomic E-state index is -3.66. The highest BCUT2D eigenvalue weighted by molar-refractivity contribution is 7.86. The third kappa shape index (κ3) is 2.84. The maximum Gasteiger partial charge on any atom is 0.322 e. The first-order valence-electron chi connectivity index (χ1n) is 7.37. The average Bonchev–Trinajstić information content (AvgIpc) is 2.88. The summed E-state index contributed by atoms with van der Waals surface area (Å²) in [5.41, 5.74) is 0. The molecule has 2 heterocycles. The number of piperidine rings is 1. The quantitative estimate of drug-likeness (QED) is 0.849. The summed E-state index contributed by atoms with van der Waals surface area (Å²) in [5, 5.41) is 9.27. The first-order valence-corrected chi connectivity index (χ1v) is 8.77. The lowest BCUT2D eigenvalue weighted by molar-refractivity contribution is -0.142. The van der Waals surface area contributed by atoms with Crippen LogP contribution in [0.1, 0.15) is 46.0 Å². The molecule has 0 aromatic carbocycles. The van der Waals surface area contributed by atoms with Crippen molar-refractivity contribution in [3.05, 3.63) is 0 Å². The van der Waals surface area contributed by atoms with E-state index in [2.05, 4.69) is 0 Å². The fourth-order valence-electron chi connectivity index (χ4n) is 3.28. The topological polar surface area (TPSA) is 77.9 Å². The number of hydrogen-bond acceptors (Lipinski definition) is 3. The smallest absolute Gasteiger partial charge is 0.322 e. The van der Waals surface area contributed by atoms with Crippen LogP contribution in [-0.2, 0) is 15.0 Å². The van der Waals surface area contributed by atoms with Gasteiger partial charge in [0.2, 0.25) is 0 Å². The van der Waals surface area contributed by atoms with Gasteiger partial charge in [-0.25, -0.2) is 0 Å². The summed E-state index contributed by atoms with van der Waals surface area (Å²) in [6.07, 6.45) is 3.64. The first kappa shape index (κ1) is 15.7. The third-order valence-electron chi connectivity index (χ3n) is 4.35. The number of aliphatic carboxylic acids is 1. The van der Waals surface area contributed by atoms with Crippen LogP contribution in [0.5, 0.6) is 0 Å². The van der Waals surface area contributed by atoms with Crippen molar-refractivity contribution in [2.75, 3.05) is 13.1 Å². The molecule has 2 unspecified atom stereocenters. The van der Waals surface area contributed by atoms with Crippen molar-refractivity contribution in [1.29, 1.82) is 0 Å². The van der Waals surface area contributed by atoms with E-state index in [4.69, 9.17) is 0 Å². The van der Waals surface area contributed by atoms with Crippen molar-refractivity contribution < 1.29 is 18.3 Å². The fourth-order valence-corrected chi connectivity index (χ4v) is 5.48. The van der Waals surface area contributed by atoms with Crippen LogP contribution >= 0.6 is 0 Å². The highest BCUT2D eigenvalue weighted by Crippen LogP contribution is 2.31. The summed E-state index contributed by atoms with van der Waals surface area (Å²) in [6, 6.07) is -0.904. The predicted octanol–water partition coefficient (Wildman–Crippen LogP) is 1.29. The lowest BCUT2D eigenvalue weighted by atomic mass is 10.0. The summed E-state index contributed by atoms with van der Waals surface area (Å²) in [4.78, 5) is 11.3. The Bertz CT molecular complexity index is 463.